The number of sulfonamides is 1. The first-order valence-corrected chi connectivity index (χ1v) is 9.73. The highest BCUT2D eigenvalue weighted by molar-refractivity contribution is 7.89. The number of rotatable bonds is 6. The van der Waals surface area contributed by atoms with Crippen LogP contribution in [0.5, 0.6) is 0 Å². The van der Waals surface area contributed by atoms with Crippen molar-refractivity contribution in [1.82, 2.24) is 4.72 Å². The molecule has 5 nitrogen and oxygen atoms in total. The van der Waals surface area contributed by atoms with Crippen LogP contribution >= 0.6 is 0 Å². The molecule has 6 heteroatoms. The number of nitrogens with one attached hydrogen (secondary N) is 1. The topological polar surface area (TPSA) is 80.3 Å². The fraction of sp³-hybridized carbons (Fsp3) is 0.300. The van der Waals surface area contributed by atoms with Crippen molar-refractivity contribution >= 4 is 21.6 Å². The lowest BCUT2D eigenvalue weighted by Gasteiger charge is -2.18. The summed E-state index contributed by atoms with van der Waals surface area (Å²) in [7, 11) is -2.23. The molecule has 0 aliphatic rings. The smallest absolute Gasteiger partial charge is 0.240 e. The molecule has 0 aliphatic carbocycles. The number of Topliss-reactive ketones (excluding diaryl/α,β-unsaturated/α-hetero) is 2. The van der Waals surface area contributed by atoms with Crippen molar-refractivity contribution in [3.05, 3.63) is 65.2 Å². The van der Waals surface area contributed by atoms with Crippen molar-refractivity contribution in [3.63, 3.8) is 0 Å². The van der Waals surface area contributed by atoms with Crippen LogP contribution in [0.25, 0.3) is 0 Å². The highest BCUT2D eigenvalue weighted by Crippen LogP contribution is 2.22. The van der Waals surface area contributed by atoms with Gasteiger partial charge in [0.2, 0.25) is 10.0 Å². The standard InChI is InChI=1S/C20H23NO4S/c1-20(2,3)16-9-5-14(6-10-16)18(22)13-19(23)15-7-11-17(12-8-15)26(24,25)21-4/h5-12,21H,13H2,1-4H3. The van der Waals surface area contributed by atoms with E-state index in [-0.39, 0.29) is 28.3 Å². The minimum Gasteiger partial charge on any atom is -0.294 e. The van der Waals surface area contributed by atoms with E-state index in [1.54, 1.807) is 12.1 Å². The molecule has 1 N–H and O–H groups in total. The van der Waals surface area contributed by atoms with Gasteiger partial charge in [0, 0.05) is 11.1 Å². The van der Waals surface area contributed by atoms with Gasteiger partial charge in [-0.05, 0) is 30.2 Å². The van der Waals surface area contributed by atoms with Gasteiger partial charge in [-0.25, -0.2) is 13.1 Å². The van der Waals surface area contributed by atoms with E-state index in [1.807, 2.05) is 12.1 Å². The summed E-state index contributed by atoms with van der Waals surface area (Å²) in [6.07, 6.45) is -0.257. The lowest BCUT2D eigenvalue weighted by atomic mass is 9.86. The Morgan fingerprint density at radius 3 is 1.65 bits per heavy atom. The molecule has 0 aliphatic heterocycles. The van der Waals surface area contributed by atoms with Gasteiger partial charge in [-0.3, -0.25) is 9.59 Å². The van der Waals surface area contributed by atoms with Crippen molar-refractivity contribution in [2.45, 2.75) is 37.5 Å². The first-order chi connectivity index (χ1) is 12.0. The van der Waals surface area contributed by atoms with Crippen LogP contribution in [-0.2, 0) is 15.4 Å². The largest absolute Gasteiger partial charge is 0.294 e. The summed E-state index contributed by atoms with van der Waals surface area (Å²) in [5, 5.41) is 0. The first kappa shape index (κ1) is 20.0. The molecule has 2 rings (SSSR count). The third kappa shape index (κ3) is 4.65. The van der Waals surface area contributed by atoms with Crippen LogP contribution in [-0.4, -0.2) is 27.0 Å². The number of carbonyl (C=O) groups excluding carboxylic acids is 2. The number of ketones is 2. The maximum Gasteiger partial charge on any atom is 0.240 e. The van der Waals surface area contributed by atoms with Crippen LogP contribution < -0.4 is 4.72 Å². The Morgan fingerprint density at radius 2 is 1.27 bits per heavy atom. The van der Waals surface area contributed by atoms with E-state index in [0.29, 0.717) is 11.1 Å². The Kier molecular flexibility index (Phi) is 5.78. The molecule has 2 aromatic carbocycles. The number of carbonyl (C=O) groups is 2. The quantitative estimate of drug-likeness (QED) is 0.622. The summed E-state index contributed by atoms with van der Waals surface area (Å²) in [6, 6.07) is 12.8. The van der Waals surface area contributed by atoms with Gasteiger partial charge < -0.3 is 0 Å². The summed E-state index contributed by atoms with van der Waals surface area (Å²) < 4.78 is 25.6. The first-order valence-electron chi connectivity index (χ1n) is 8.25. The van der Waals surface area contributed by atoms with Gasteiger partial charge >= 0.3 is 0 Å². The van der Waals surface area contributed by atoms with Crippen LogP contribution in [0.15, 0.2) is 53.4 Å². The Morgan fingerprint density at radius 1 is 0.846 bits per heavy atom. The van der Waals surface area contributed by atoms with Gasteiger partial charge in [0.25, 0.3) is 0 Å². The fourth-order valence-electron chi connectivity index (χ4n) is 2.44. The molecule has 0 amide bonds. The summed E-state index contributed by atoms with van der Waals surface area (Å²) >= 11 is 0. The molecule has 26 heavy (non-hydrogen) atoms. The molecule has 0 fully saturated rings. The molecule has 138 valence electrons. The number of hydrogen-bond acceptors (Lipinski definition) is 4. The van der Waals surface area contributed by atoms with Crippen LogP contribution in [0, 0.1) is 0 Å². The Bertz CT molecular complexity index is 906. The zero-order chi connectivity index (χ0) is 19.5. The Hall–Kier alpha value is -2.31. The lowest BCUT2D eigenvalue weighted by molar-refractivity contribution is 0.0894. The van der Waals surface area contributed by atoms with Gasteiger partial charge in [-0.1, -0.05) is 57.2 Å². The van der Waals surface area contributed by atoms with E-state index < -0.39 is 10.0 Å². The predicted molar refractivity (Wildman–Crippen MR) is 101 cm³/mol. The Balaban J connectivity index is 2.11. The average molecular weight is 373 g/mol. The molecule has 0 saturated carbocycles. The van der Waals surface area contributed by atoms with Crippen LogP contribution in [0.2, 0.25) is 0 Å². The summed E-state index contributed by atoms with van der Waals surface area (Å²) in [5.41, 5.74) is 1.90. The van der Waals surface area contributed by atoms with Gasteiger partial charge in [0.1, 0.15) is 0 Å². The third-order valence-corrected chi connectivity index (χ3v) is 5.58. The second-order valence-electron chi connectivity index (χ2n) is 7.08. The molecule has 0 bridgehead atoms. The van der Waals surface area contributed by atoms with Crippen LogP contribution in [0.1, 0.15) is 53.5 Å². The van der Waals surface area contributed by atoms with Gasteiger partial charge in [-0.2, -0.15) is 0 Å². The zero-order valence-corrected chi connectivity index (χ0v) is 16.2. The van der Waals surface area contributed by atoms with Crippen LogP contribution in [0.3, 0.4) is 0 Å². The second kappa shape index (κ2) is 7.51. The van der Waals surface area contributed by atoms with Crippen molar-refractivity contribution in [1.29, 1.82) is 0 Å². The molecular weight excluding hydrogens is 350 g/mol. The minimum atomic E-state index is -3.55. The van der Waals surface area contributed by atoms with Gasteiger partial charge in [-0.15, -0.1) is 0 Å². The monoisotopic (exact) mass is 373 g/mol. The summed E-state index contributed by atoms with van der Waals surface area (Å²) in [6.45, 7) is 6.27. The molecule has 0 saturated heterocycles. The lowest BCUT2D eigenvalue weighted by Crippen LogP contribution is -2.18. The van der Waals surface area contributed by atoms with Crippen molar-refractivity contribution < 1.29 is 18.0 Å². The Labute approximate surface area is 154 Å². The molecule has 0 radical (unpaired) electrons. The molecule has 0 aromatic heterocycles. The summed E-state index contributed by atoms with van der Waals surface area (Å²) in [5.74, 6) is -0.606. The molecule has 2 aromatic rings. The number of hydrogen-bond donors (Lipinski definition) is 1. The second-order valence-corrected chi connectivity index (χ2v) is 8.97. The molecule has 0 unspecified atom stereocenters. The van der Waals surface area contributed by atoms with E-state index in [1.165, 1.54) is 31.3 Å². The SMILES string of the molecule is CNS(=O)(=O)c1ccc(C(=O)CC(=O)c2ccc(C(C)(C)C)cc2)cc1. The molecule has 0 atom stereocenters. The van der Waals surface area contributed by atoms with E-state index in [0.717, 1.165) is 5.56 Å². The van der Waals surface area contributed by atoms with E-state index in [4.69, 9.17) is 0 Å². The van der Waals surface area contributed by atoms with Crippen molar-refractivity contribution in [2.75, 3.05) is 7.05 Å². The van der Waals surface area contributed by atoms with Gasteiger partial charge in [0.15, 0.2) is 11.6 Å². The maximum atomic E-state index is 12.3. The predicted octanol–water partition coefficient (Wildman–Crippen LogP) is 3.35. The van der Waals surface area contributed by atoms with E-state index in [2.05, 4.69) is 25.5 Å². The number of benzene rings is 2. The normalized spacial score (nSPS) is 12.0. The third-order valence-electron chi connectivity index (χ3n) is 4.15. The van der Waals surface area contributed by atoms with Crippen molar-refractivity contribution in [3.8, 4) is 0 Å². The zero-order valence-electron chi connectivity index (χ0n) is 15.4. The van der Waals surface area contributed by atoms with Crippen molar-refractivity contribution in [2.24, 2.45) is 0 Å². The van der Waals surface area contributed by atoms with E-state index in [9.17, 15) is 18.0 Å². The van der Waals surface area contributed by atoms with E-state index >= 15 is 0 Å². The summed E-state index contributed by atoms with van der Waals surface area (Å²) in [4.78, 5) is 24.7. The highest BCUT2D eigenvalue weighted by atomic mass is 32.2. The fourth-order valence-corrected chi connectivity index (χ4v) is 3.17. The molecular formula is C20H23NO4S. The maximum absolute atomic E-state index is 12.3. The average Bonchev–Trinajstić information content (AvgIpc) is 2.61. The molecule has 0 heterocycles. The minimum absolute atomic E-state index is 0.00712. The molecule has 0 spiro atoms. The van der Waals surface area contributed by atoms with Crippen LogP contribution in [0.4, 0.5) is 0 Å². The highest BCUT2D eigenvalue weighted by Gasteiger charge is 2.17. The van der Waals surface area contributed by atoms with Gasteiger partial charge in [0.05, 0.1) is 11.3 Å².